The van der Waals surface area contributed by atoms with Crippen LogP contribution in [-0.4, -0.2) is 43.5 Å². The van der Waals surface area contributed by atoms with Gasteiger partial charge in [-0.2, -0.15) is 0 Å². The Kier molecular flexibility index (Phi) is 7.88. The van der Waals surface area contributed by atoms with Gasteiger partial charge in [-0.15, -0.1) is 0 Å². The fraction of sp³-hybridized carbons (Fsp3) is 0.300. The first-order chi connectivity index (χ1) is 13.4. The summed E-state index contributed by atoms with van der Waals surface area (Å²) in [4.78, 5) is 26.2. The van der Waals surface area contributed by atoms with E-state index in [1.165, 1.54) is 13.2 Å². The zero-order chi connectivity index (χ0) is 20.5. The molecule has 0 fully saturated rings. The first kappa shape index (κ1) is 21.3. The fourth-order valence-electron chi connectivity index (χ4n) is 2.65. The lowest BCUT2D eigenvalue weighted by Gasteiger charge is -2.21. The van der Waals surface area contributed by atoms with Crippen molar-refractivity contribution in [2.24, 2.45) is 0 Å². The second-order valence-electron chi connectivity index (χ2n) is 6.14. The molecule has 0 spiro atoms. The third-order valence-corrected chi connectivity index (χ3v) is 3.86. The average molecular weight is 391 g/mol. The van der Waals surface area contributed by atoms with Crippen LogP contribution in [0.1, 0.15) is 13.3 Å². The molecule has 8 heteroatoms. The molecule has 2 aromatic rings. The van der Waals surface area contributed by atoms with Gasteiger partial charge in [0.15, 0.2) is 11.6 Å². The normalized spacial score (nSPS) is 10.6. The van der Waals surface area contributed by atoms with Crippen LogP contribution in [0.25, 0.3) is 0 Å². The minimum Gasteiger partial charge on any atom is -0.495 e. The molecule has 2 rings (SSSR count). The molecule has 28 heavy (non-hydrogen) atoms. The molecule has 0 saturated heterocycles. The van der Waals surface area contributed by atoms with E-state index in [2.05, 4.69) is 10.6 Å². The van der Waals surface area contributed by atoms with Gasteiger partial charge in [-0.1, -0.05) is 19.1 Å². The molecular formula is C20H23F2N3O3. The van der Waals surface area contributed by atoms with E-state index < -0.39 is 17.5 Å². The summed E-state index contributed by atoms with van der Waals surface area (Å²) in [5.74, 6) is -2.21. The van der Waals surface area contributed by atoms with E-state index >= 15 is 0 Å². The van der Waals surface area contributed by atoms with Gasteiger partial charge in [0.1, 0.15) is 5.75 Å². The van der Waals surface area contributed by atoms with Crippen LogP contribution in [-0.2, 0) is 9.59 Å². The molecular weight excluding hydrogens is 368 g/mol. The number of carbonyl (C=O) groups is 2. The Morgan fingerprint density at radius 1 is 1.00 bits per heavy atom. The number of carbonyl (C=O) groups excluding carboxylic acids is 2. The Balaban J connectivity index is 1.95. The molecule has 0 bridgehead atoms. The van der Waals surface area contributed by atoms with Gasteiger partial charge in [0.2, 0.25) is 11.8 Å². The molecule has 0 aliphatic rings. The van der Waals surface area contributed by atoms with Crippen molar-refractivity contribution in [2.45, 2.75) is 13.3 Å². The van der Waals surface area contributed by atoms with Gasteiger partial charge in [-0.3, -0.25) is 14.5 Å². The zero-order valence-electron chi connectivity index (χ0n) is 15.8. The van der Waals surface area contributed by atoms with Crippen molar-refractivity contribution in [3.05, 3.63) is 54.1 Å². The van der Waals surface area contributed by atoms with Crippen LogP contribution < -0.4 is 15.4 Å². The summed E-state index contributed by atoms with van der Waals surface area (Å²) in [7, 11) is 1.51. The highest BCUT2D eigenvalue weighted by molar-refractivity contribution is 5.95. The number of para-hydroxylation sites is 2. The summed E-state index contributed by atoms with van der Waals surface area (Å²) in [6, 6.07) is 10.1. The summed E-state index contributed by atoms with van der Waals surface area (Å²) >= 11 is 0. The number of nitrogens with zero attached hydrogens (tertiary/aromatic N) is 1. The molecule has 0 unspecified atom stereocenters. The summed E-state index contributed by atoms with van der Waals surface area (Å²) in [5.41, 5.74) is 0.691. The molecule has 0 aliphatic heterocycles. The van der Waals surface area contributed by atoms with Crippen molar-refractivity contribution in [1.29, 1.82) is 0 Å². The minimum atomic E-state index is -1.04. The van der Waals surface area contributed by atoms with E-state index in [0.29, 0.717) is 18.0 Å². The molecule has 0 saturated carbocycles. The monoisotopic (exact) mass is 391 g/mol. The highest BCUT2D eigenvalue weighted by atomic mass is 19.2. The second kappa shape index (κ2) is 10.4. The summed E-state index contributed by atoms with van der Waals surface area (Å²) < 4.78 is 31.4. The smallest absolute Gasteiger partial charge is 0.238 e. The molecule has 0 aromatic heterocycles. The Morgan fingerprint density at radius 2 is 1.68 bits per heavy atom. The van der Waals surface area contributed by atoms with Crippen LogP contribution in [0.15, 0.2) is 42.5 Å². The van der Waals surface area contributed by atoms with Crippen molar-refractivity contribution >= 4 is 23.2 Å². The van der Waals surface area contributed by atoms with Gasteiger partial charge in [0, 0.05) is 11.8 Å². The maximum absolute atomic E-state index is 13.3. The van der Waals surface area contributed by atoms with Gasteiger partial charge in [0.25, 0.3) is 0 Å². The molecule has 6 nitrogen and oxygen atoms in total. The van der Waals surface area contributed by atoms with E-state index in [1.807, 2.05) is 6.92 Å². The Labute approximate surface area is 162 Å². The fourth-order valence-corrected chi connectivity index (χ4v) is 2.65. The van der Waals surface area contributed by atoms with Crippen molar-refractivity contribution in [1.82, 2.24) is 4.90 Å². The van der Waals surface area contributed by atoms with Crippen LogP contribution >= 0.6 is 0 Å². The minimum absolute atomic E-state index is 0.00289. The maximum Gasteiger partial charge on any atom is 0.238 e. The van der Waals surface area contributed by atoms with E-state index in [9.17, 15) is 18.4 Å². The predicted molar refractivity (Wildman–Crippen MR) is 103 cm³/mol. The number of hydrogen-bond donors (Lipinski definition) is 2. The molecule has 150 valence electrons. The number of methoxy groups -OCH3 is 1. The molecule has 0 radical (unpaired) electrons. The van der Waals surface area contributed by atoms with Crippen molar-refractivity contribution in [2.75, 3.05) is 37.4 Å². The van der Waals surface area contributed by atoms with E-state index in [-0.39, 0.29) is 24.7 Å². The quantitative estimate of drug-likeness (QED) is 0.688. The van der Waals surface area contributed by atoms with Crippen LogP contribution in [0.3, 0.4) is 0 Å². The third kappa shape index (κ3) is 6.31. The van der Waals surface area contributed by atoms with Gasteiger partial charge >= 0.3 is 0 Å². The highest BCUT2D eigenvalue weighted by Crippen LogP contribution is 2.22. The number of benzene rings is 2. The molecule has 0 atom stereocenters. The van der Waals surface area contributed by atoms with Gasteiger partial charge in [-0.05, 0) is 37.2 Å². The predicted octanol–water partition coefficient (Wildman–Crippen LogP) is 3.26. The van der Waals surface area contributed by atoms with Crippen molar-refractivity contribution in [3.8, 4) is 5.75 Å². The molecule has 2 amide bonds. The van der Waals surface area contributed by atoms with Gasteiger partial charge in [0.05, 0.1) is 25.9 Å². The number of rotatable bonds is 9. The topological polar surface area (TPSA) is 70.7 Å². The lowest BCUT2D eigenvalue weighted by molar-refractivity contribution is -0.120. The SMILES string of the molecule is CCCN(CC(=O)Nc1ccc(F)c(F)c1)CC(=O)Nc1ccccc1OC. The lowest BCUT2D eigenvalue weighted by atomic mass is 10.3. The molecule has 2 N–H and O–H groups in total. The number of amides is 2. The zero-order valence-corrected chi connectivity index (χ0v) is 15.8. The van der Waals surface area contributed by atoms with Crippen molar-refractivity contribution in [3.63, 3.8) is 0 Å². The lowest BCUT2D eigenvalue weighted by Crippen LogP contribution is -2.39. The van der Waals surface area contributed by atoms with Crippen LogP contribution in [0.2, 0.25) is 0 Å². The largest absolute Gasteiger partial charge is 0.495 e. The summed E-state index contributed by atoms with van der Waals surface area (Å²) in [6.07, 6.45) is 0.737. The average Bonchev–Trinajstić information content (AvgIpc) is 2.65. The third-order valence-electron chi connectivity index (χ3n) is 3.86. The van der Waals surface area contributed by atoms with Crippen LogP contribution in [0.5, 0.6) is 5.75 Å². The maximum atomic E-state index is 13.3. The van der Waals surface area contributed by atoms with E-state index in [1.54, 1.807) is 29.2 Å². The summed E-state index contributed by atoms with van der Waals surface area (Å²) in [5, 5.41) is 5.26. The first-order valence-electron chi connectivity index (χ1n) is 8.83. The second-order valence-corrected chi connectivity index (χ2v) is 6.14. The first-order valence-corrected chi connectivity index (χ1v) is 8.83. The van der Waals surface area contributed by atoms with E-state index in [0.717, 1.165) is 18.6 Å². The highest BCUT2D eigenvalue weighted by Gasteiger charge is 2.16. The Bertz CT molecular complexity index is 830. The Hall–Kier alpha value is -3.00. The van der Waals surface area contributed by atoms with Crippen molar-refractivity contribution < 1.29 is 23.1 Å². The standard InChI is InChI=1S/C20H23F2N3O3/c1-3-10-25(12-19(26)23-14-8-9-15(21)16(22)11-14)13-20(27)24-17-6-4-5-7-18(17)28-2/h4-9,11H,3,10,12-13H2,1-2H3,(H,23,26)(H,24,27). The number of nitrogens with one attached hydrogen (secondary N) is 2. The van der Waals surface area contributed by atoms with Crippen LogP contribution in [0, 0.1) is 11.6 Å². The number of halogens is 2. The van der Waals surface area contributed by atoms with Gasteiger partial charge in [-0.25, -0.2) is 8.78 Å². The number of ether oxygens (including phenoxy) is 1. The number of anilines is 2. The molecule has 0 aliphatic carbocycles. The molecule has 2 aromatic carbocycles. The summed E-state index contributed by atoms with van der Waals surface area (Å²) in [6.45, 7) is 2.38. The number of hydrogen-bond acceptors (Lipinski definition) is 4. The molecule has 0 heterocycles. The Morgan fingerprint density at radius 3 is 2.32 bits per heavy atom. The van der Waals surface area contributed by atoms with Gasteiger partial charge < -0.3 is 15.4 Å². The van der Waals surface area contributed by atoms with E-state index in [4.69, 9.17) is 4.74 Å². The van der Waals surface area contributed by atoms with Crippen LogP contribution in [0.4, 0.5) is 20.2 Å².